The largest absolute Gasteiger partial charge is 0.497 e. The number of esters is 1. The molecule has 8 heteroatoms. The van der Waals surface area contributed by atoms with Crippen LogP contribution < -0.4 is 10.1 Å². The zero-order valence-corrected chi connectivity index (χ0v) is 21.9. The van der Waals surface area contributed by atoms with Crippen LogP contribution in [0.1, 0.15) is 71.0 Å². The molecule has 0 radical (unpaired) electrons. The average Bonchev–Trinajstić information content (AvgIpc) is 3.32. The van der Waals surface area contributed by atoms with Crippen LogP contribution in [0.3, 0.4) is 0 Å². The Hall–Kier alpha value is -1.76. The fourth-order valence-electron chi connectivity index (χ4n) is 6.77. The van der Waals surface area contributed by atoms with E-state index in [1.807, 2.05) is 0 Å². The third kappa shape index (κ3) is 3.73. The van der Waals surface area contributed by atoms with Gasteiger partial charge in [-0.15, -0.1) is 11.3 Å². The maximum absolute atomic E-state index is 13.1. The number of carbonyl (C=O) groups excluding carboxylic acids is 2. The fraction of sp³-hybridized carbons (Fsp3) is 0.538. The van der Waals surface area contributed by atoms with Crippen molar-refractivity contribution in [1.82, 2.24) is 0 Å². The van der Waals surface area contributed by atoms with Gasteiger partial charge >= 0.3 is 5.97 Å². The maximum Gasteiger partial charge on any atom is 0.341 e. The van der Waals surface area contributed by atoms with Crippen molar-refractivity contribution in [3.63, 3.8) is 0 Å². The Morgan fingerprint density at radius 2 is 2.09 bits per heavy atom. The molecule has 3 aliphatic carbocycles. The Morgan fingerprint density at radius 1 is 1.29 bits per heavy atom. The molecule has 4 atom stereocenters. The van der Waals surface area contributed by atoms with Crippen LogP contribution in [0, 0.1) is 11.8 Å². The van der Waals surface area contributed by atoms with E-state index >= 15 is 0 Å². The third-order valence-corrected chi connectivity index (χ3v) is 9.72. The third-order valence-electron chi connectivity index (χ3n) is 8.20. The lowest BCUT2D eigenvalue weighted by Gasteiger charge is -2.49. The van der Waals surface area contributed by atoms with Crippen molar-refractivity contribution in [2.24, 2.45) is 11.8 Å². The van der Waals surface area contributed by atoms with Gasteiger partial charge in [0.25, 0.3) is 5.91 Å². The number of anilines is 1. The van der Waals surface area contributed by atoms with Gasteiger partial charge in [0.05, 0.1) is 19.3 Å². The minimum Gasteiger partial charge on any atom is -0.497 e. The number of ether oxygens (including phenoxy) is 2. The van der Waals surface area contributed by atoms with Crippen LogP contribution in [0.15, 0.2) is 18.2 Å². The standard InChI is InChI=1S/C26H29Cl2NO4S/c1-4-33-25(31)20-21-19(34-24(20)29-23(30)22(27)28)12-18-17-7-5-13-11-14(32-3)6-8-15(13)16(17)9-10-26(18,21)2/h6,8,11,16-18,22H,4-5,7,9-10,12H2,1-3H3,(H,29,30)/t16-,17-,18-,26-/m1/s1. The molecule has 5 nitrogen and oxygen atoms in total. The van der Waals surface area contributed by atoms with Crippen molar-refractivity contribution >= 4 is 51.4 Å². The van der Waals surface area contributed by atoms with E-state index < -0.39 is 10.7 Å². The number of halogens is 2. The molecule has 0 unspecified atom stereocenters. The number of rotatable bonds is 5. The maximum atomic E-state index is 13.1. The molecule has 0 spiro atoms. The number of thiophene rings is 1. The van der Waals surface area contributed by atoms with E-state index in [4.69, 9.17) is 32.7 Å². The summed E-state index contributed by atoms with van der Waals surface area (Å²) in [6.45, 7) is 4.37. The summed E-state index contributed by atoms with van der Waals surface area (Å²) in [5.41, 5.74) is 4.29. The highest BCUT2D eigenvalue weighted by atomic mass is 35.5. The molecule has 1 aromatic carbocycles. The number of fused-ring (bicyclic) bond motifs is 7. The minimum absolute atomic E-state index is 0.136. The lowest BCUT2D eigenvalue weighted by atomic mass is 9.54. The quantitative estimate of drug-likeness (QED) is 0.373. The molecule has 182 valence electrons. The molecule has 1 heterocycles. The molecule has 1 N–H and O–H groups in total. The molecule has 3 aliphatic rings. The average molecular weight is 522 g/mol. The van der Waals surface area contributed by atoms with Crippen molar-refractivity contribution in [2.75, 3.05) is 19.0 Å². The molecule has 5 rings (SSSR count). The summed E-state index contributed by atoms with van der Waals surface area (Å²) >= 11 is 13.0. The van der Waals surface area contributed by atoms with Gasteiger partial charge < -0.3 is 14.8 Å². The topological polar surface area (TPSA) is 64.6 Å². The first kappa shape index (κ1) is 24.0. The van der Waals surface area contributed by atoms with Gasteiger partial charge in [-0.2, -0.15) is 0 Å². The summed E-state index contributed by atoms with van der Waals surface area (Å²) in [6, 6.07) is 6.53. The fourth-order valence-corrected chi connectivity index (χ4v) is 8.27. The second-order valence-electron chi connectivity index (χ2n) is 9.76. The molecule has 1 saturated carbocycles. The second-order valence-corrected chi connectivity index (χ2v) is 12.0. The number of amides is 1. The van der Waals surface area contributed by atoms with Crippen molar-refractivity contribution in [3.05, 3.63) is 45.3 Å². The van der Waals surface area contributed by atoms with Gasteiger partial charge in [-0.1, -0.05) is 36.2 Å². The van der Waals surface area contributed by atoms with Gasteiger partial charge in [0, 0.05) is 4.88 Å². The van der Waals surface area contributed by atoms with Crippen LogP contribution >= 0.6 is 34.5 Å². The van der Waals surface area contributed by atoms with E-state index in [1.54, 1.807) is 14.0 Å². The van der Waals surface area contributed by atoms with Gasteiger partial charge in [-0.25, -0.2) is 4.79 Å². The van der Waals surface area contributed by atoms with Crippen molar-refractivity contribution in [2.45, 2.75) is 62.1 Å². The van der Waals surface area contributed by atoms with Gasteiger partial charge in [0.1, 0.15) is 10.8 Å². The van der Waals surface area contributed by atoms with Crippen molar-refractivity contribution in [3.8, 4) is 5.75 Å². The van der Waals surface area contributed by atoms with E-state index in [2.05, 4.69) is 30.4 Å². The van der Waals surface area contributed by atoms with Crippen LogP contribution in [0.25, 0.3) is 0 Å². The highest BCUT2D eigenvalue weighted by Crippen LogP contribution is 2.63. The molecule has 1 amide bonds. The number of methoxy groups -OCH3 is 1. The van der Waals surface area contributed by atoms with Crippen LogP contribution in [-0.2, 0) is 27.8 Å². The van der Waals surface area contributed by atoms with Gasteiger partial charge in [-0.05, 0) is 91.0 Å². The Morgan fingerprint density at radius 3 is 2.79 bits per heavy atom. The van der Waals surface area contributed by atoms with Crippen LogP contribution in [0.2, 0.25) is 0 Å². The Balaban J connectivity index is 1.52. The van der Waals surface area contributed by atoms with Gasteiger partial charge in [0.15, 0.2) is 4.84 Å². The molecular formula is C26H29Cl2NO4S. The normalized spacial score (nSPS) is 26.8. The number of benzene rings is 1. The molecule has 2 aromatic rings. The van der Waals surface area contributed by atoms with Crippen LogP contribution in [0.4, 0.5) is 5.00 Å². The number of hydrogen-bond acceptors (Lipinski definition) is 5. The van der Waals surface area contributed by atoms with E-state index in [0.717, 1.165) is 43.4 Å². The molecule has 0 bridgehead atoms. The van der Waals surface area contributed by atoms with E-state index in [9.17, 15) is 9.59 Å². The molecule has 0 saturated heterocycles. The lowest BCUT2D eigenvalue weighted by molar-refractivity contribution is -0.114. The number of aryl methyl sites for hydroxylation is 1. The van der Waals surface area contributed by atoms with E-state index in [1.165, 1.54) is 27.3 Å². The van der Waals surface area contributed by atoms with Crippen LogP contribution in [-0.4, -0.2) is 30.4 Å². The smallest absolute Gasteiger partial charge is 0.341 e. The first-order valence-corrected chi connectivity index (χ1v) is 13.6. The molecule has 34 heavy (non-hydrogen) atoms. The number of hydrogen-bond donors (Lipinski definition) is 1. The number of carbonyl (C=O) groups is 2. The summed E-state index contributed by atoms with van der Waals surface area (Å²) in [5.74, 6) is 1.54. The highest BCUT2D eigenvalue weighted by Gasteiger charge is 2.55. The predicted octanol–water partition coefficient (Wildman–Crippen LogP) is 6.25. The second kappa shape index (κ2) is 9.03. The lowest BCUT2D eigenvalue weighted by Crippen LogP contribution is -2.43. The minimum atomic E-state index is -1.20. The zero-order chi connectivity index (χ0) is 24.2. The Labute approximate surface area is 214 Å². The molecule has 1 aromatic heterocycles. The molecular weight excluding hydrogens is 493 g/mol. The Kier molecular flexibility index (Phi) is 6.36. The summed E-state index contributed by atoms with van der Waals surface area (Å²) in [5, 5.41) is 3.28. The number of nitrogens with one attached hydrogen (secondary N) is 1. The predicted molar refractivity (Wildman–Crippen MR) is 136 cm³/mol. The van der Waals surface area contributed by atoms with Crippen LogP contribution in [0.5, 0.6) is 5.75 Å². The monoisotopic (exact) mass is 521 g/mol. The van der Waals surface area contributed by atoms with E-state index in [0.29, 0.717) is 28.3 Å². The molecule has 1 fully saturated rings. The zero-order valence-electron chi connectivity index (χ0n) is 19.6. The molecule has 0 aliphatic heterocycles. The summed E-state index contributed by atoms with van der Waals surface area (Å²) < 4.78 is 10.9. The summed E-state index contributed by atoms with van der Waals surface area (Å²) in [4.78, 5) is 25.3. The van der Waals surface area contributed by atoms with E-state index in [-0.39, 0.29) is 18.0 Å². The summed E-state index contributed by atoms with van der Waals surface area (Å²) in [6.07, 6.45) is 5.16. The first-order valence-electron chi connectivity index (χ1n) is 11.9. The van der Waals surface area contributed by atoms with Gasteiger partial charge in [0.2, 0.25) is 0 Å². The van der Waals surface area contributed by atoms with Gasteiger partial charge in [-0.3, -0.25) is 4.79 Å². The summed E-state index contributed by atoms with van der Waals surface area (Å²) in [7, 11) is 1.72. The number of alkyl halides is 2. The van der Waals surface area contributed by atoms with Crippen molar-refractivity contribution in [1.29, 1.82) is 0 Å². The van der Waals surface area contributed by atoms with Crippen molar-refractivity contribution < 1.29 is 19.1 Å². The Bertz CT molecular complexity index is 1150. The highest BCUT2D eigenvalue weighted by molar-refractivity contribution is 7.17. The first-order chi connectivity index (χ1) is 16.3. The SMILES string of the molecule is CCOC(=O)c1c(NC(=O)C(Cl)Cl)sc2c1[C@]1(C)CC[C@@H]3c4ccc(OC)cc4CC[C@H]3[C@H]1C2.